The van der Waals surface area contributed by atoms with Crippen LogP contribution in [0.3, 0.4) is 0 Å². The van der Waals surface area contributed by atoms with Crippen molar-refractivity contribution in [2.24, 2.45) is 5.73 Å². The van der Waals surface area contributed by atoms with E-state index in [0.717, 1.165) is 17.7 Å². The van der Waals surface area contributed by atoms with Crippen LogP contribution < -0.4 is 10.6 Å². The first-order valence-corrected chi connectivity index (χ1v) is 7.74. The normalized spacial score (nSPS) is 17.5. The molecule has 1 amide bonds. The number of halogens is 2. The maximum Gasteiger partial charge on any atom is 0.259 e. The lowest BCUT2D eigenvalue weighted by Gasteiger charge is -2.33. The van der Waals surface area contributed by atoms with Gasteiger partial charge in [-0.15, -0.1) is 0 Å². The van der Waals surface area contributed by atoms with E-state index in [-0.39, 0.29) is 17.8 Å². The second-order valence-electron chi connectivity index (χ2n) is 5.13. The van der Waals surface area contributed by atoms with E-state index in [1.165, 1.54) is 18.2 Å². The summed E-state index contributed by atoms with van der Waals surface area (Å²) in [5.41, 5.74) is 8.53. The van der Waals surface area contributed by atoms with Crippen molar-refractivity contribution in [2.75, 3.05) is 11.4 Å². The minimum atomic E-state index is -0.341. The van der Waals surface area contributed by atoms with Crippen molar-refractivity contribution in [2.45, 2.75) is 12.5 Å². The number of nitrogens with two attached hydrogens (primary N) is 1. The molecule has 2 aromatic rings. The first kappa shape index (κ1) is 14.5. The Hall–Kier alpha value is -1.47. The Balaban J connectivity index is 2.02. The highest BCUT2D eigenvalue weighted by molar-refractivity contribution is 14.1. The molecule has 1 aliphatic rings. The molecule has 3 nitrogen and oxygen atoms in total. The second kappa shape index (κ2) is 5.73. The van der Waals surface area contributed by atoms with E-state index >= 15 is 0 Å². The Kier molecular flexibility index (Phi) is 3.95. The number of hydrogen-bond donors (Lipinski definition) is 1. The molecule has 0 radical (unpaired) electrons. The Morgan fingerprint density at radius 1 is 1.29 bits per heavy atom. The van der Waals surface area contributed by atoms with Gasteiger partial charge in [-0.25, -0.2) is 4.39 Å². The van der Waals surface area contributed by atoms with Crippen LogP contribution in [0.5, 0.6) is 0 Å². The summed E-state index contributed by atoms with van der Waals surface area (Å²) in [6.45, 7) is 0.475. The molecule has 1 heterocycles. The van der Waals surface area contributed by atoms with Gasteiger partial charge in [-0.2, -0.15) is 0 Å². The smallest absolute Gasteiger partial charge is 0.259 e. The first-order valence-electron chi connectivity index (χ1n) is 6.66. The standard InChI is InChI=1S/C16H14FIN2O/c17-11-5-6-13(14(18)8-11)16(21)20-9-12(19)7-10-3-1-2-4-15(10)20/h1-6,8,12H,7,9,19H2. The van der Waals surface area contributed by atoms with Gasteiger partial charge in [0, 0.05) is 21.8 Å². The zero-order valence-electron chi connectivity index (χ0n) is 11.2. The number of fused-ring (bicyclic) bond motifs is 1. The maximum atomic E-state index is 13.2. The topological polar surface area (TPSA) is 46.3 Å². The van der Waals surface area contributed by atoms with Crippen LogP contribution in [0.15, 0.2) is 42.5 Å². The van der Waals surface area contributed by atoms with E-state index < -0.39 is 0 Å². The van der Waals surface area contributed by atoms with E-state index in [4.69, 9.17) is 5.73 Å². The molecular formula is C16H14FIN2O. The number of rotatable bonds is 1. The summed E-state index contributed by atoms with van der Waals surface area (Å²) in [4.78, 5) is 14.5. The molecule has 1 unspecified atom stereocenters. The Labute approximate surface area is 136 Å². The van der Waals surface area contributed by atoms with Gasteiger partial charge in [0.15, 0.2) is 0 Å². The minimum Gasteiger partial charge on any atom is -0.326 e. The molecule has 2 N–H and O–H groups in total. The van der Waals surface area contributed by atoms with Crippen molar-refractivity contribution >= 4 is 34.2 Å². The van der Waals surface area contributed by atoms with Gasteiger partial charge in [0.1, 0.15) is 5.82 Å². The number of amides is 1. The highest BCUT2D eigenvalue weighted by Crippen LogP contribution is 2.28. The molecular weight excluding hydrogens is 382 g/mol. The third-order valence-corrected chi connectivity index (χ3v) is 4.48. The number of anilines is 1. The predicted octanol–water partition coefficient (Wildman–Crippen LogP) is 2.96. The van der Waals surface area contributed by atoms with Crippen molar-refractivity contribution in [3.05, 3.63) is 63.0 Å². The van der Waals surface area contributed by atoms with Crippen molar-refractivity contribution in [1.82, 2.24) is 0 Å². The van der Waals surface area contributed by atoms with E-state index in [9.17, 15) is 9.18 Å². The second-order valence-corrected chi connectivity index (χ2v) is 6.30. The van der Waals surface area contributed by atoms with Gasteiger partial charge in [0.05, 0.1) is 5.56 Å². The highest BCUT2D eigenvalue weighted by atomic mass is 127. The maximum absolute atomic E-state index is 13.2. The van der Waals surface area contributed by atoms with Gasteiger partial charge in [-0.1, -0.05) is 18.2 Å². The molecule has 1 aliphatic heterocycles. The molecule has 1 atom stereocenters. The fourth-order valence-corrected chi connectivity index (χ4v) is 3.34. The summed E-state index contributed by atoms with van der Waals surface area (Å²) in [6.07, 6.45) is 0.764. The minimum absolute atomic E-state index is 0.0815. The average Bonchev–Trinajstić information content (AvgIpc) is 2.45. The fraction of sp³-hybridized carbons (Fsp3) is 0.188. The lowest BCUT2D eigenvalue weighted by atomic mass is 9.97. The SMILES string of the molecule is NC1Cc2ccccc2N(C(=O)c2ccc(F)cc2I)C1. The molecule has 0 aliphatic carbocycles. The molecule has 3 rings (SSSR count). The molecule has 5 heteroatoms. The monoisotopic (exact) mass is 396 g/mol. The summed E-state index contributed by atoms with van der Waals surface area (Å²) < 4.78 is 13.8. The third-order valence-electron chi connectivity index (χ3n) is 3.59. The van der Waals surface area contributed by atoms with Gasteiger partial charge in [-0.3, -0.25) is 4.79 Å². The largest absolute Gasteiger partial charge is 0.326 e. The van der Waals surface area contributed by atoms with Crippen molar-refractivity contribution in [1.29, 1.82) is 0 Å². The molecule has 0 aromatic heterocycles. The van der Waals surface area contributed by atoms with Crippen LogP contribution in [0.2, 0.25) is 0 Å². The number of nitrogens with zero attached hydrogens (tertiary/aromatic N) is 1. The van der Waals surface area contributed by atoms with Crippen LogP contribution in [0.1, 0.15) is 15.9 Å². The molecule has 0 spiro atoms. The van der Waals surface area contributed by atoms with Crippen LogP contribution >= 0.6 is 22.6 Å². The van der Waals surface area contributed by atoms with Crippen LogP contribution in [-0.4, -0.2) is 18.5 Å². The predicted molar refractivity (Wildman–Crippen MR) is 88.9 cm³/mol. The zero-order valence-corrected chi connectivity index (χ0v) is 13.4. The Morgan fingerprint density at radius 3 is 2.81 bits per heavy atom. The molecule has 0 fully saturated rings. The van der Waals surface area contributed by atoms with Crippen LogP contribution in [0, 0.1) is 9.39 Å². The molecule has 21 heavy (non-hydrogen) atoms. The molecule has 0 bridgehead atoms. The summed E-state index contributed by atoms with van der Waals surface area (Å²) >= 11 is 1.98. The quantitative estimate of drug-likeness (QED) is 0.754. The Morgan fingerprint density at radius 2 is 2.05 bits per heavy atom. The van der Waals surface area contributed by atoms with Crippen molar-refractivity contribution in [3.8, 4) is 0 Å². The highest BCUT2D eigenvalue weighted by Gasteiger charge is 2.28. The summed E-state index contributed by atoms with van der Waals surface area (Å²) in [6, 6.07) is 11.9. The van der Waals surface area contributed by atoms with E-state index in [1.54, 1.807) is 4.90 Å². The van der Waals surface area contributed by atoms with Crippen LogP contribution in [0.25, 0.3) is 0 Å². The van der Waals surface area contributed by atoms with Gasteiger partial charge in [-0.05, 0) is 58.8 Å². The number of benzene rings is 2. The van der Waals surface area contributed by atoms with Gasteiger partial charge < -0.3 is 10.6 Å². The molecule has 2 aromatic carbocycles. The van der Waals surface area contributed by atoms with Gasteiger partial charge in [0.2, 0.25) is 0 Å². The Bertz CT molecular complexity index is 704. The van der Waals surface area contributed by atoms with Crippen molar-refractivity contribution in [3.63, 3.8) is 0 Å². The number of carbonyl (C=O) groups is 1. The molecule has 0 saturated heterocycles. The fourth-order valence-electron chi connectivity index (χ4n) is 2.63. The summed E-state index contributed by atoms with van der Waals surface area (Å²) in [7, 11) is 0. The average molecular weight is 396 g/mol. The number of carbonyl (C=O) groups excluding carboxylic acids is 1. The summed E-state index contributed by atoms with van der Waals surface area (Å²) in [5.74, 6) is -0.478. The number of para-hydroxylation sites is 1. The molecule has 0 saturated carbocycles. The zero-order chi connectivity index (χ0) is 15.0. The lowest BCUT2D eigenvalue weighted by molar-refractivity contribution is 0.0982. The summed E-state index contributed by atoms with van der Waals surface area (Å²) in [5, 5.41) is 0. The van der Waals surface area contributed by atoms with Crippen LogP contribution in [-0.2, 0) is 6.42 Å². The first-order chi connectivity index (χ1) is 10.1. The lowest BCUT2D eigenvalue weighted by Crippen LogP contribution is -2.46. The van der Waals surface area contributed by atoms with Gasteiger partial charge >= 0.3 is 0 Å². The number of hydrogen-bond acceptors (Lipinski definition) is 2. The van der Waals surface area contributed by atoms with E-state index in [0.29, 0.717) is 15.7 Å². The molecule has 108 valence electrons. The van der Waals surface area contributed by atoms with E-state index in [1.807, 2.05) is 46.9 Å². The van der Waals surface area contributed by atoms with Gasteiger partial charge in [0.25, 0.3) is 5.91 Å². The van der Waals surface area contributed by atoms with Crippen molar-refractivity contribution < 1.29 is 9.18 Å². The third kappa shape index (κ3) is 2.80. The van der Waals surface area contributed by atoms with E-state index in [2.05, 4.69) is 0 Å². The van der Waals surface area contributed by atoms with Crippen LogP contribution in [0.4, 0.5) is 10.1 Å².